The Kier molecular flexibility index (Phi) is 4.99. The third kappa shape index (κ3) is 3.63. The number of nitrogens with two attached hydrogens (primary N) is 1. The molecule has 1 aromatic rings. The summed E-state index contributed by atoms with van der Waals surface area (Å²) in [5.74, 6) is -2.01. The van der Waals surface area contributed by atoms with Crippen LogP contribution in [0.25, 0.3) is 0 Å². The summed E-state index contributed by atoms with van der Waals surface area (Å²) in [6.07, 6.45) is 0. The number of nitrogens with zero attached hydrogens (tertiary/aromatic N) is 2. The molecule has 5 nitrogen and oxygen atoms in total. The van der Waals surface area contributed by atoms with Crippen molar-refractivity contribution < 1.29 is 13.7 Å². The molecule has 0 atom stereocenters. The van der Waals surface area contributed by atoms with E-state index in [0.717, 1.165) is 6.07 Å². The van der Waals surface area contributed by atoms with Crippen LogP contribution >= 0.6 is 0 Å². The molecule has 0 aromatic heterocycles. The van der Waals surface area contributed by atoms with Gasteiger partial charge in [0.25, 0.3) is 0 Å². The quantitative estimate of drug-likeness (QED) is 0.645. The molecule has 1 aromatic carbocycles. The van der Waals surface area contributed by atoms with Crippen LogP contribution in [0.4, 0.5) is 20.2 Å². The van der Waals surface area contributed by atoms with Crippen molar-refractivity contribution in [1.82, 2.24) is 0 Å². The minimum Gasteiger partial charge on any atom is -0.366 e. The highest BCUT2D eigenvalue weighted by molar-refractivity contribution is 5.64. The van der Waals surface area contributed by atoms with Crippen molar-refractivity contribution >= 4 is 11.4 Å². The number of nitro groups is 1. The summed E-state index contributed by atoms with van der Waals surface area (Å²) >= 11 is 0. The number of hydrogen-bond donors (Lipinski definition) is 1. The summed E-state index contributed by atoms with van der Waals surface area (Å²) in [5, 5.41) is 11.0. The number of nitro benzene ring substituents is 1. The van der Waals surface area contributed by atoms with Gasteiger partial charge in [0.05, 0.1) is 4.92 Å². The first-order valence-electron chi connectivity index (χ1n) is 6.30. The van der Waals surface area contributed by atoms with Gasteiger partial charge in [-0.2, -0.15) is 4.39 Å². The number of rotatable bonds is 6. The average Bonchev–Trinajstić information content (AvgIpc) is 2.34. The van der Waals surface area contributed by atoms with Crippen molar-refractivity contribution in [3.8, 4) is 0 Å². The van der Waals surface area contributed by atoms with E-state index < -0.39 is 22.2 Å². The SMILES string of the molecule is CCN(CC(C)(C)CN)c1cc(F)cc(F)c1[N+](=O)[O-]. The van der Waals surface area contributed by atoms with Crippen LogP contribution in [0.5, 0.6) is 0 Å². The Hall–Kier alpha value is -1.76. The number of halogens is 2. The lowest BCUT2D eigenvalue weighted by atomic mass is 9.92. The van der Waals surface area contributed by atoms with Gasteiger partial charge in [-0.25, -0.2) is 4.39 Å². The van der Waals surface area contributed by atoms with Crippen LogP contribution in [0, 0.1) is 27.2 Å². The zero-order chi connectivity index (χ0) is 15.5. The predicted molar refractivity (Wildman–Crippen MR) is 73.7 cm³/mol. The molecule has 1 rings (SSSR count). The molecule has 0 amide bonds. The highest BCUT2D eigenvalue weighted by Gasteiger charge is 2.28. The van der Waals surface area contributed by atoms with Crippen molar-refractivity contribution in [3.63, 3.8) is 0 Å². The molecule has 0 heterocycles. The Labute approximate surface area is 116 Å². The molecule has 0 fully saturated rings. The van der Waals surface area contributed by atoms with E-state index >= 15 is 0 Å². The van der Waals surface area contributed by atoms with Crippen LogP contribution in [0.2, 0.25) is 0 Å². The zero-order valence-electron chi connectivity index (χ0n) is 11.8. The second-order valence-electron chi connectivity index (χ2n) is 5.39. The highest BCUT2D eigenvalue weighted by Crippen LogP contribution is 2.33. The molecule has 112 valence electrons. The molecule has 0 bridgehead atoms. The van der Waals surface area contributed by atoms with E-state index in [1.165, 1.54) is 0 Å². The summed E-state index contributed by atoms with van der Waals surface area (Å²) in [5.41, 5.74) is 4.54. The second kappa shape index (κ2) is 6.13. The van der Waals surface area contributed by atoms with Gasteiger partial charge in [0, 0.05) is 25.2 Å². The first-order valence-corrected chi connectivity index (χ1v) is 6.30. The summed E-state index contributed by atoms with van der Waals surface area (Å²) in [6.45, 7) is 6.64. The smallest absolute Gasteiger partial charge is 0.328 e. The second-order valence-corrected chi connectivity index (χ2v) is 5.39. The Morgan fingerprint density at radius 2 is 2.00 bits per heavy atom. The van der Waals surface area contributed by atoms with Crippen LogP contribution in [0.15, 0.2) is 12.1 Å². The third-order valence-electron chi connectivity index (χ3n) is 3.08. The molecule has 0 saturated heterocycles. The largest absolute Gasteiger partial charge is 0.366 e. The Balaban J connectivity index is 3.31. The summed E-state index contributed by atoms with van der Waals surface area (Å²) in [6, 6.07) is 1.50. The van der Waals surface area contributed by atoms with Gasteiger partial charge < -0.3 is 10.6 Å². The van der Waals surface area contributed by atoms with Crippen molar-refractivity contribution in [3.05, 3.63) is 33.9 Å². The molecule has 0 spiro atoms. The summed E-state index contributed by atoms with van der Waals surface area (Å²) in [7, 11) is 0. The van der Waals surface area contributed by atoms with E-state index in [1.54, 1.807) is 11.8 Å². The molecule has 7 heteroatoms. The van der Waals surface area contributed by atoms with Gasteiger partial charge >= 0.3 is 5.69 Å². The number of anilines is 1. The molecule has 0 aliphatic carbocycles. The Morgan fingerprint density at radius 3 is 2.45 bits per heavy atom. The lowest BCUT2D eigenvalue weighted by Crippen LogP contribution is -2.39. The number of benzene rings is 1. The standard InChI is InChI=1S/C13H19F2N3O2/c1-4-17(8-13(2,3)7-16)11-6-9(14)5-10(15)12(11)18(19)20/h5-6H,4,7-8,16H2,1-3H3. The highest BCUT2D eigenvalue weighted by atomic mass is 19.1. The maximum atomic E-state index is 13.6. The monoisotopic (exact) mass is 287 g/mol. The summed E-state index contributed by atoms with van der Waals surface area (Å²) < 4.78 is 27.0. The first-order chi connectivity index (χ1) is 9.21. The number of hydrogen-bond acceptors (Lipinski definition) is 4. The minimum absolute atomic E-state index is 0.0588. The van der Waals surface area contributed by atoms with Crippen LogP contribution in [-0.4, -0.2) is 24.6 Å². The zero-order valence-corrected chi connectivity index (χ0v) is 11.8. The van der Waals surface area contributed by atoms with Crippen LogP contribution in [0.1, 0.15) is 20.8 Å². The van der Waals surface area contributed by atoms with Crippen LogP contribution in [0.3, 0.4) is 0 Å². The van der Waals surface area contributed by atoms with E-state index in [-0.39, 0.29) is 11.1 Å². The van der Waals surface area contributed by atoms with Crippen molar-refractivity contribution in [2.45, 2.75) is 20.8 Å². The maximum absolute atomic E-state index is 13.6. The molecule has 0 aliphatic rings. The fourth-order valence-electron chi connectivity index (χ4n) is 1.92. The molecular weight excluding hydrogens is 268 g/mol. The van der Waals surface area contributed by atoms with Crippen LogP contribution in [-0.2, 0) is 0 Å². The molecule has 0 unspecified atom stereocenters. The fraction of sp³-hybridized carbons (Fsp3) is 0.538. The van der Waals surface area contributed by atoms with Gasteiger partial charge in [0.1, 0.15) is 11.5 Å². The van der Waals surface area contributed by atoms with Gasteiger partial charge in [-0.15, -0.1) is 0 Å². The van der Waals surface area contributed by atoms with E-state index in [0.29, 0.717) is 25.7 Å². The molecule has 0 saturated carbocycles. The Bertz CT molecular complexity index is 507. The average molecular weight is 287 g/mol. The minimum atomic E-state index is -1.17. The fourth-order valence-corrected chi connectivity index (χ4v) is 1.92. The van der Waals surface area contributed by atoms with Crippen molar-refractivity contribution in [2.75, 3.05) is 24.5 Å². The van der Waals surface area contributed by atoms with E-state index in [1.807, 2.05) is 13.8 Å². The van der Waals surface area contributed by atoms with Gasteiger partial charge in [-0.05, 0) is 18.9 Å². The van der Waals surface area contributed by atoms with E-state index in [4.69, 9.17) is 5.73 Å². The van der Waals surface area contributed by atoms with E-state index in [9.17, 15) is 18.9 Å². The molecular formula is C13H19F2N3O2. The molecule has 0 radical (unpaired) electrons. The predicted octanol–water partition coefficient (Wildman–Crippen LogP) is 2.68. The maximum Gasteiger partial charge on any atom is 0.328 e. The summed E-state index contributed by atoms with van der Waals surface area (Å²) in [4.78, 5) is 11.7. The van der Waals surface area contributed by atoms with Gasteiger partial charge in [0.2, 0.25) is 5.82 Å². The first kappa shape index (κ1) is 16.3. The molecule has 2 N–H and O–H groups in total. The molecule has 20 heavy (non-hydrogen) atoms. The normalized spacial score (nSPS) is 11.5. The van der Waals surface area contributed by atoms with Crippen molar-refractivity contribution in [2.24, 2.45) is 11.1 Å². The van der Waals surface area contributed by atoms with E-state index in [2.05, 4.69) is 0 Å². The molecule has 0 aliphatic heterocycles. The van der Waals surface area contributed by atoms with Gasteiger partial charge in [-0.1, -0.05) is 13.8 Å². The third-order valence-corrected chi connectivity index (χ3v) is 3.08. The lowest BCUT2D eigenvalue weighted by molar-refractivity contribution is -0.386. The Morgan fingerprint density at radius 1 is 1.40 bits per heavy atom. The van der Waals surface area contributed by atoms with Gasteiger partial charge in [0.15, 0.2) is 0 Å². The van der Waals surface area contributed by atoms with Gasteiger partial charge in [-0.3, -0.25) is 10.1 Å². The van der Waals surface area contributed by atoms with Crippen molar-refractivity contribution in [1.29, 1.82) is 0 Å². The topological polar surface area (TPSA) is 72.4 Å². The lowest BCUT2D eigenvalue weighted by Gasteiger charge is -2.32. The van der Waals surface area contributed by atoms with Crippen LogP contribution < -0.4 is 10.6 Å².